The Balaban J connectivity index is 1.08. The van der Waals surface area contributed by atoms with Gasteiger partial charge in [0.25, 0.3) is 0 Å². The molecule has 10 rings (SSSR count). The van der Waals surface area contributed by atoms with Gasteiger partial charge in [-0.3, -0.25) is 4.57 Å². The number of benzene rings is 7. The van der Waals surface area contributed by atoms with Gasteiger partial charge in [-0.2, -0.15) is 0 Å². The van der Waals surface area contributed by atoms with Crippen molar-refractivity contribution < 1.29 is 4.74 Å². The third kappa shape index (κ3) is 8.72. The second-order valence-electron chi connectivity index (χ2n) is 21.9. The highest BCUT2D eigenvalue weighted by Crippen LogP contribution is 2.45. The Morgan fingerprint density at radius 3 is 1.65 bits per heavy atom. The third-order valence-corrected chi connectivity index (χ3v) is 14.3. The third-order valence-electron chi connectivity index (χ3n) is 14.3. The first-order chi connectivity index (χ1) is 32.9. The van der Waals surface area contributed by atoms with Gasteiger partial charge in [0, 0.05) is 68.6 Å². The Morgan fingerprint density at radius 2 is 1.03 bits per heavy atom. The predicted octanol–water partition coefficient (Wildman–Crippen LogP) is 16.8. The molecule has 0 radical (unpaired) electrons. The zero-order chi connectivity index (χ0) is 48.3. The van der Waals surface area contributed by atoms with Crippen LogP contribution in [0.5, 0.6) is 11.5 Å². The van der Waals surface area contributed by atoms with Crippen molar-refractivity contribution in [2.24, 2.45) is 5.41 Å². The standard InChI is InChI=1S/C64H64N4O/c1-61(2,3)48-32-33-65-60(39-48)68-57-29-21-20-28-55(57)56-31-30-53(41-58(56)68)69-54-35-45(44-22-14-11-15-23-44)34-52(40-54)67-43-66(42-59(67)62(4,5)6)51-37-49(63(7,8)46-24-16-12-17-25-46)36-50(38-51)64(9,10)47-26-18-13-19-27-47/h11-42H,43H2,1-10H3. The summed E-state index contributed by atoms with van der Waals surface area (Å²) >= 11 is 0. The fourth-order valence-electron chi connectivity index (χ4n) is 10.0. The van der Waals surface area contributed by atoms with Crippen molar-refractivity contribution in [1.29, 1.82) is 0 Å². The Labute approximate surface area is 409 Å². The van der Waals surface area contributed by atoms with Crippen LogP contribution in [0.1, 0.15) is 97.1 Å². The second-order valence-corrected chi connectivity index (χ2v) is 21.9. The highest BCUT2D eigenvalue weighted by molar-refractivity contribution is 6.09. The molecule has 1 aliphatic heterocycles. The van der Waals surface area contributed by atoms with Gasteiger partial charge < -0.3 is 14.5 Å². The second kappa shape index (κ2) is 17.3. The number of hydrogen-bond donors (Lipinski definition) is 0. The Kier molecular flexibility index (Phi) is 11.4. The first-order valence-electron chi connectivity index (χ1n) is 24.4. The molecule has 0 atom stereocenters. The van der Waals surface area contributed by atoms with Crippen molar-refractivity contribution in [2.45, 2.75) is 85.5 Å². The number of para-hydroxylation sites is 1. The molecule has 0 fully saturated rings. The number of anilines is 2. The van der Waals surface area contributed by atoms with Gasteiger partial charge in [-0.1, -0.05) is 184 Å². The molecule has 0 N–H and O–H groups in total. The van der Waals surface area contributed by atoms with E-state index in [0.29, 0.717) is 6.67 Å². The van der Waals surface area contributed by atoms with Gasteiger partial charge in [-0.25, -0.2) is 4.98 Å². The molecule has 0 saturated carbocycles. The van der Waals surface area contributed by atoms with Crippen LogP contribution in [0, 0.1) is 5.41 Å². The van der Waals surface area contributed by atoms with E-state index in [9.17, 15) is 0 Å². The molecule has 0 spiro atoms. The number of rotatable bonds is 10. The van der Waals surface area contributed by atoms with E-state index in [2.05, 4.69) is 272 Å². The van der Waals surface area contributed by atoms with Crippen molar-refractivity contribution in [3.63, 3.8) is 0 Å². The van der Waals surface area contributed by atoms with Gasteiger partial charge in [-0.15, -0.1) is 0 Å². The minimum Gasteiger partial charge on any atom is -0.457 e. The molecule has 5 heteroatoms. The molecule has 0 aliphatic carbocycles. The highest BCUT2D eigenvalue weighted by atomic mass is 16.5. The first-order valence-corrected chi connectivity index (χ1v) is 24.4. The van der Waals surface area contributed by atoms with E-state index in [1.807, 2.05) is 6.20 Å². The molecule has 9 aromatic rings. The molecule has 5 nitrogen and oxygen atoms in total. The smallest absolute Gasteiger partial charge is 0.137 e. The van der Waals surface area contributed by atoms with E-state index < -0.39 is 0 Å². The molecule has 0 unspecified atom stereocenters. The summed E-state index contributed by atoms with van der Waals surface area (Å²) in [5.74, 6) is 2.42. The van der Waals surface area contributed by atoms with Gasteiger partial charge in [-0.05, 0) is 99.0 Å². The summed E-state index contributed by atoms with van der Waals surface area (Å²) < 4.78 is 9.32. The average Bonchev–Trinajstić information content (AvgIpc) is 3.96. The van der Waals surface area contributed by atoms with E-state index in [1.54, 1.807) is 0 Å². The number of pyridine rings is 1. The zero-order valence-electron chi connectivity index (χ0n) is 41.9. The number of nitrogens with zero attached hydrogens (tertiary/aromatic N) is 4. The maximum absolute atomic E-state index is 7.04. The van der Waals surface area contributed by atoms with Crippen LogP contribution in [-0.2, 0) is 16.2 Å². The van der Waals surface area contributed by atoms with E-state index in [1.165, 1.54) is 44.6 Å². The van der Waals surface area contributed by atoms with Crippen LogP contribution in [0.4, 0.5) is 11.4 Å². The minimum absolute atomic E-state index is 0.0217. The molecule has 0 amide bonds. The monoisotopic (exact) mass is 905 g/mol. The van der Waals surface area contributed by atoms with E-state index in [4.69, 9.17) is 9.72 Å². The molecule has 2 aromatic heterocycles. The molecule has 7 aromatic carbocycles. The normalized spacial score (nSPS) is 13.6. The quantitative estimate of drug-likeness (QED) is 0.137. The lowest BCUT2D eigenvalue weighted by molar-refractivity contribution is 0.481. The summed E-state index contributed by atoms with van der Waals surface area (Å²) in [7, 11) is 0. The van der Waals surface area contributed by atoms with E-state index in [-0.39, 0.29) is 21.7 Å². The highest BCUT2D eigenvalue weighted by Gasteiger charge is 2.35. The molecular weight excluding hydrogens is 841 g/mol. The van der Waals surface area contributed by atoms with Crippen LogP contribution in [0.2, 0.25) is 0 Å². The van der Waals surface area contributed by atoms with E-state index >= 15 is 0 Å². The lowest BCUT2D eigenvalue weighted by Gasteiger charge is -2.33. The summed E-state index contributed by atoms with van der Waals surface area (Å²) in [5, 5.41) is 2.34. The lowest BCUT2D eigenvalue weighted by Crippen LogP contribution is -2.31. The summed E-state index contributed by atoms with van der Waals surface area (Å²) in [6, 6.07) is 65.8. The van der Waals surface area contributed by atoms with Crippen LogP contribution < -0.4 is 14.5 Å². The van der Waals surface area contributed by atoms with Crippen LogP contribution in [0.15, 0.2) is 200 Å². The Bertz CT molecular complexity index is 3280. The van der Waals surface area contributed by atoms with Crippen LogP contribution >= 0.6 is 0 Å². The van der Waals surface area contributed by atoms with Gasteiger partial charge >= 0.3 is 0 Å². The lowest BCUT2D eigenvalue weighted by atomic mass is 9.73. The van der Waals surface area contributed by atoms with Crippen molar-refractivity contribution in [2.75, 3.05) is 16.5 Å². The van der Waals surface area contributed by atoms with Crippen molar-refractivity contribution in [1.82, 2.24) is 9.55 Å². The molecule has 0 bridgehead atoms. The average molecular weight is 905 g/mol. The van der Waals surface area contributed by atoms with Crippen LogP contribution in [0.25, 0.3) is 38.8 Å². The van der Waals surface area contributed by atoms with Crippen LogP contribution in [0.3, 0.4) is 0 Å². The Morgan fingerprint density at radius 1 is 0.435 bits per heavy atom. The van der Waals surface area contributed by atoms with Gasteiger partial charge in [0.15, 0.2) is 0 Å². The number of hydrogen-bond acceptors (Lipinski definition) is 4. The zero-order valence-corrected chi connectivity index (χ0v) is 41.9. The number of fused-ring (bicyclic) bond motifs is 3. The largest absolute Gasteiger partial charge is 0.457 e. The molecular formula is C64H64N4O. The predicted molar refractivity (Wildman–Crippen MR) is 290 cm³/mol. The minimum atomic E-state index is -0.241. The Hall–Kier alpha value is -7.37. The topological polar surface area (TPSA) is 33.5 Å². The van der Waals surface area contributed by atoms with Crippen LogP contribution in [-0.4, -0.2) is 16.2 Å². The van der Waals surface area contributed by atoms with Crippen molar-refractivity contribution >= 4 is 33.2 Å². The maximum Gasteiger partial charge on any atom is 0.137 e. The van der Waals surface area contributed by atoms with Crippen molar-refractivity contribution in [3.05, 3.63) is 228 Å². The fraction of sp³-hybridized carbons (Fsp3) is 0.234. The number of aromatic nitrogens is 2. The summed E-state index contributed by atoms with van der Waals surface area (Å²) in [5.41, 5.74) is 13.5. The molecule has 1 aliphatic rings. The number of allylic oxidation sites excluding steroid dienone is 1. The maximum atomic E-state index is 7.04. The molecule has 346 valence electrons. The molecule has 0 saturated heterocycles. The molecule has 69 heavy (non-hydrogen) atoms. The first kappa shape index (κ1) is 45.4. The SMILES string of the molecule is CC(C)(C)C1=CN(c2cc(C(C)(C)c3ccccc3)cc(C(C)(C)c3ccccc3)c2)CN1c1cc(Oc2ccc3c4ccccc4n(-c4cc(C(C)(C)C)ccn4)c3c2)cc(-c2ccccc2)c1. The summed E-state index contributed by atoms with van der Waals surface area (Å²) in [6.07, 6.45) is 4.30. The van der Waals surface area contributed by atoms with E-state index in [0.717, 1.165) is 50.6 Å². The molecule has 3 heterocycles. The summed E-state index contributed by atoms with van der Waals surface area (Å²) in [4.78, 5) is 9.86. The summed E-state index contributed by atoms with van der Waals surface area (Å²) in [6.45, 7) is 23.7. The fourth-order valence-corrected chi connectivity index (χ4v) is 10.0. The van der Waals surface area contributed by atoms with Gasteiger partial charge in [0.1, 0.15) is 17.3 Å². The number of ether oxygens (including phenoxy) is 1. The van der Waals surface area contributed by atoms with Gasteiger partial charge in [0.05, 0.1) is 17.7 Å². The van der Waals surface area contributed by atoms with Gasteiger partial charge in [0.2, 0.25) is 0 Å². The van der Waals surface area contributed by atoms with Crippen molar-refractivity contribution in [3.8, 4) is 28.4 Å².